The van der Waals surface area contributed by atoms with Crippen LogP contribution >= 0.6 is 0 Å². The molecule has 2 heterocycles. The van der Waals surface area contributed by atoms with E-state index in [1.807, 2.05) is 18.2 Å². The normalized spacial score (nSPS) is 28.9. The summed E-state index contributed by atoms with van der Waals surface area (Å²) in [6.07, 6.45) is 3.81. The summed E-state index contributed by atoms with van der Waals surface area (Å²) in [7, 11) is 1.74. The van der Waals surface area contributed by atoms with Crippen molar-refractivity contribution in [3.8, 4) is 11.5 Å². The van der Waals surface area contributed by atoms with E-state index in [4.69, 9.17) is 9.47 Å². The number of rotatable bonds is 7. The first-order valence-electron chi connectivity index (χ1n) is 14.9. The second-order valence-corrected chi connectivity index (χ2v) is 12.5. The molecule has 7 rings (SSSR count). The van der Waals surface area contributed by atoms with E-state index in [1.54, 1.807) is 7.11 Å². The van der Waals surface area contributed by atoms with Crippen molar-refractivity contribution in [3.63, 3.8) is 0 Å². The SMILES string of the molecule is COC(C)(c1ccccc1)C(C)c1cc2c3c(c1O)OC1C(=O)CC[C@H]4[C@@H](C2)N(CCc2ccccc2)CC[C@]314. The van der Waals surface area contributed by atoms with E-state index in [1.165, 1.54) is 11.1 Å². The first kappa shape index (κ1) is 25.8. The molecule has 208 valence electrons. The van der Waals surface area contributed by atoms with Gasteiger partial charge in [-0.1, -0.05) is 73.7 Å². The Balaban J connectivity index is 1.31. The number of benzene rings is 3. The largest absolute Gasteiger partial charge is 0.504 e. The van der Waals surface area contributed by atoms with Crippen molar-refractivity contribution in [1.29, 1.82) is 0 Å². The highest BCUT2D eigenvalue weighted by atomic mass is 16.5. The molecule has 4 aliphatic rings. The van der Waals surface area contributed by atoms with E-state index in [9.17, 15) is 9.90 Å². The maximum Gasteiger partial charge on any atom is 0.174 e. The summed E-state index contributed by atoms with van der Waals surface area (Å²) in [5, 5.41) is 11.8. The molecule has 0 amide bonds. The maximum absolute atomic E-state index is 13.4. The molecule has 1 N–H and O–H groups in total. The van der Waals surface area contributed by atoms with E-state index in [0.29, 0.717) is 24.1 Å². The van der Waals surface area contributed by atoms with Crippen LogP contribution in [0.15, 0.2) is 66.7 Å². The summed E-state index contributed by atoms with van der Waals surface area (Å²) >= 11 is 0. The Morgan fingerprint density at radius 2 is 1.88 bits per heavy atom. The van der Waals surface area contributed by atoms with Crippen LogP contribution in [-0.2, 0) is 33.4 Å². The minimum atomic E-state index is -0.645. The minimum Gasteiger partial charge on any atom is -0.504 e. The summed E-state index contributed by atoms with van der Waals surface area (Å²) in [5.74, 6) is 1.16. The van der Waals surface area contributed by atoms with E-state index in [0.717, 1.165) is 55.5 Å². The van der Waals surface area contributed by atoms with Gasteiger partial charge in [0.2, 0.25) is 0 Å². The van der Waals surface area contributed by atoms with Gasteiger partial charge in [-0.05, 0) is 61.8 Å². The third-order valence-electron chi connectivity index (χ3n) is 11.0. The Bertz CT molecular complexity index is 1440. The molecule has 5 heteroatoms. The lowest BCUT2D eigenvalue weighted by atomic mass is 9.51. The number of phenolic OH excluding ortho intramolecular Hbond substituents is 1. The molecule has 3 aromatic carbocycles. The van der Waals surface area contributed by atoms with Gasteiger partial charge >= 0.3 is 0 Å². The molecule has 2 aliphatic heterocycles. The minimum absolute atomic E-state index is 0.146. The molecule has 1 saturated carbocycles. The molecule has 2 fully saturated rings. The molecule has 40 heavy (non-hydrogen) atoms. The fourth-order valence-electron chi connectivity index (χ4n) is 8.64. The van der Waals surface area contributed by atoms with E-state index < -0.39 is 11.7 Å². The molecule has 0 radical (unpaired) electrons. The van der Waals surface area contributed by atoms with Gasteiger partial charge in [0.25, 0.3) is 0 Å². The Morgan fingerprint density at radius 1 is 1.15 bits per heavy atom. The van der Waals surface area contributed by atoms with Crippen LogP contribution in [0.1, 0.15) is 66.8 Å². The van der Waals surface area contributed by atoms with Crippen LogP contribution in [-0.4, -0.2) is 48.1 Å². The number of aromatic hydroxyl groups is 1. The standard InChI is InChI=1S/C35H39NO4/c1-22(34(2,39-3)25-12-8-5-9-13-25)26-20-24-21-28-27-14-15-29(37)33-35(27,30(24)32(40-33)31(26)38)17-19-36(28)18-16-23-10-6-4-7-11-23/h4-13,20,22,27-28,33,38H,14-19,21H2,1-3H3/t22?,27-,28+,33?,34?,35-/m0/s1. The summed E-state index contributed by atoms with van der Waals surface area (Å²) in [4.78, 5) is 16.1. The Hall–Kier alpha value is -3.15. The molecular weight excluding hydrogens is 498 g/mol. The lowest BCUT2D eigenvalue weighted by Gasteiger charge is -2.57. The Kier molecular flexibility index (Phi) is 6.10. The lowest BCUT2D eigenvalue weighted by molar-refractivity contribution is -0.138. The molecule has 3 unspecified atom stereocenters. The molecular formula is C35H39NO4. The number of phenols is 1. The molecule has 1 spiro atoms. The molecule has 6 atom stereocenters. The first-order chi connectivity index (χ1) is 19.4. The van der Waals surface area contributed by atoms with E-state index >= 15 is 0 Å². The number of carbonyl (C=O) groups excluding carboxylic acids is 1. The molecule has 5 nitrogen and oxygen atoms in total. The summed E-state index contributed by atoms with van der Waals surface area (Å²) in [5.41, 5.74) is 4.65. The number of methoxy groups -OCH3 is 1. The number of hydrogen-bond acceptors (Lipinski definition) is 5. The summed E-state index contributed by atoms with van der Waals surface area (Å²) in [6.45, 7) is 6.17. The molecule has 0 aromatic heterocycles. The fraction of sp³-hybridized carbons (Fsp3) is 0.457. The topological polar surface area (TPSA) is 59.0 Å². The van der Waals surface area contributed by atoms with Crippen molar-refractivity contribution in [2.24, 2.45) is 5.92 Å². The monoisotopic (exact) mass is 537 g/mol. The van der Waals surface area contributed by atoms with E-state index in [-0.39, 0.29) is 22.9 Å². The van der Waals surface area contributed by atoms with Crippen molar-refractivity contribution >= 4 is 5.78 Å². The molecule has 2 aliphatic carbocycles. The van der Waals surface area contributed by atoms with E-state index in [2.05, 4.69) is 67.3 Å². The second kappa shape index (κ2) is 9.46. The van der Waals surface area contributed by atoms with Gasteiger partial charge in [-0.15, -0.1) is 0 Å². The van der Waals surface area contributed by atoms with Crippen molar-refractivity contribution in [2.75, 3.05) is 20.2 Å². The Morgan fingerprint density at radius 3 is 2.60 bits per heavy atom. The number of ether oxygens (including phenoxy) is 2. The highest BCUT2D eigenvalue weighted by Gasteiger charge is 2.66. The van der Waals surface area contributed by atoms with Crippen LogP contribution in [0.5, 0.6) is 11.5 Å². The average Bonchev–Trinajstić information content (AvgIpc) is 3.35. The number of hydrogen-bond donors (Lipinski definition) is 1. The van der Waals surface area contributed by atoms with Crippen molar-refractivity contribution in [3.05, 3.63) is 94.5 Å². The molecule has 1 saturated heterocycles. The van der Waals surface area contributed by atoms with Crippen molar-refractivity contribution in [2.45, 2.75) is 75.0 Å². The predicted molar refractivity (Wildman–Crippen MR) is 155 cm³/mol. The third kappa shape index (κ3) is 3.56. The quantitative estimate of drug-likeness (QED) is 0.406. The maximum atomic E-state index is 13.4. The predicted octanol–water partition coefficient (Wildman–Crippen LogP) is 5.91. The zero-order valence-electron chi connectivity index (χ0n) is 23.7. The Labute approximate surface area is 237 Å². The van der Waals surface area contributed by atoms with Crippen LogP contribution in [0.4, 0.5) is 0 Å². The number of likely N-dealkylation sites (tertiary alicyclic amines) is 1. The van der Waals surface area contributed by atoms with Crippen LogP contribution in [0.3, 0.4) is 0 Å². The van der Waals surface area contributed by atoms with Crippen LogP contribution in [0.2, 0.25) is 0 Å². The zero-order chi connectivity index (χ0) is 27.6. The average molecular weight is 538 g/mol. The smallest absolute Gasteiger partial charge is 0.174 e. The van der Waals surface area contributed by atoms with Gasteiger partial charge in [-0.3, -0.25) is 9.69 Å². The summed E-state index contributed by atoms with van der Waals surface area (Å²) in [6, 6.07) is 23.5. The first-order valence-corrected chi connectivity index (χ1v) is 14.9. The lowest BCUT2D eigenvalue weighted by Crippen LogP contribution is -2.66. The van der Waals surface area contributed by atoms with Gasteiger partial charge in [0.05, 0.1) is 5.60 Å². The van der Waals surface area contributed by atoms with Crippen molar-refractivity contribution < 1.29 is 19.4 Å². The summed E-state index contributed by atoms with van der Waals surface area (Å²) < 4.78 is 12.7. The fourth-order valence-corrected chi connectivity index (χ4v) is 8.64. The van der Waals surface area contributed by atoms with Gasteiger partial charge < -0.3 is 14.6 Å². The zero-order valence-corrected chi connectivity index (χ0v) is 23.7. The number of Topliss-reactive ketones (excluding diaryl/α,β-unsaturated/α-hetero) is 1. The van der Waals surface area contributed by atoms with Crippen LogP contribution in [0, 0.1) is 5.92 Å². The third-order valence-corrected chi connectivity index (χ3v) is 11.0. The van der Waals surface area contributed by atoms with Gasteiger partial charge in [-0.2, -0.15) is 0 Å². The number of carbonyl (C=O) groups is 1. The van der Waals surface area contributed by atoms with Crippen molar-refractivity contribution in [1.82, 2.24) is 4.90 Å². The second-order valence-electron chi connectivity index (χ2n) is 12.5. The number of nitrogens with zero attached hydrogens (tertiary/aromatic N) is 1. The van der Waals surface area contributed by atoms with Gasteiger partial charge in [0.15, 0.2) is 23.4 Å². The number of piperidine rings is 1. The van der Waals surface area contributed by atoms with Gasteiger partial charge in [-0.25, -0.2) is 0 Å². The highest BCUT2D eigenvalue weighted by Crippen LogP contribution is 2.64. The molecule has 3 aromatic rings. The van der Waals surface area contributed by atoms with Crippen LogP contribution in [0.25, 0.3) is 0 Å². The van der Waals surface area contributed by atoms with Gasteiger partial charge in [0.1, 0.15) is 0 Å². The molecule has 2 bridgehead atoms. The number of ketones is 1. The van der Waals surface area contributed by atoms with Gasteiger partial charge in [0, 0.05) is 48.6 Å². The highest BCUT2D eigenvalue weighted by molar-refractivity contribution is 5.89. The van der Waals surface area contributed by atoms with Crippen LogP contribution < -0.4 is 4.74 Å².